The minimum absolute atomic E-state index is 0. The summed E-state index contributed by atoms with van der Waals surface area (Å²) in [5.41, 5.74) is 0.985. The van der Waals surface area contributed by atoms with Gasteiger partial charge in [-0.05, 0) is 44.1 Å². The van der Waals surface area contributed by atoms with Gasteiger partial charge >= 0.3 is 6.18 Å². The average molecular weight is 536 g/mol. The predicted molar refractivity (Wildman–Crippen MR) is 116 cm³/mol. The number of nitrogens with zero attached hydrogens (tertiary/aromatic N) is 2. The van der Waals surface area contributed by atoms with E-state index in [2.05, 4.69) is 15.6 Å². The zero-order valence-electron chi connectivity index (χ0n) is 16.2. The van der Waals surface area contributed by atoms with E-state index >= 15 is 0 Å². The molecule has 0 unspecified atom stereocenters. The molecule has 0 aliphatic rings. The second kappa shape index (κ2) is 12.5. The van der Waals surface area contributed by atoms with Crippen molar-refractivity contribution in [2.75, 3.05) is 46.5 Å². The van der Waals surface area contributed by atoms with Crippen molar-refractivity contribution < 1.29 is 21.6 Å². The van der Waals surface area contributed by atoms with E-state index in [4.69, 9.17) is 0 Å². The third-order valence-electron chi connectivity index (χ3n) is 3.74. The summed E-state index contributed by atoms with van der Waals surface area (Å²) < 4.78 is 59.6. The fourth-order valence-electron chi connectivity index (χ4n) is 2.39. The van der Waals surface area contributed by atoms with Gasteiger partial charge in [-0.25, -0.2) is 8.42 Å². The van der Waals surface area contributed by atoms with Gasteiger partial charge in [0.15, 0.2) is 15.8 Å². The molecule has 0 saturated carbocycles. The van der Waals surface area contributed by atoms with Gasteiger partial charge in [0.1, 0.15) is 0 Å². The molecule has 0 radical (unpaired) electrons. The molecule has 1 rings (SSSR count). The summed E-state index contributed by atoms with van der Waals surface area (Å²) in [4.78, 5) is 5.58. The maximum atomic E-state index is 12.2. The van der Waals surface area contributed by atoms with Gasteiger partial charge in [-0.1, -0.05) is 12.1 Å². The van der Waals surface area contributed by atoms with Crippen LogP contribution in [0.1, 0.15) is 12.0 Å². The summed E-state index contributed by atoms with van der Waals surface area (Å²) in [6, 6.07) is 6.69. The Bertz CT molecular complexity index is 710. The molecule has 0 saturated heterocycles. The van der Waals surface area contributed by atoms with E-state index in [1.165, 1.54) is 18.2 Å². The normalized spacial score (nSPS) is 12.6. The minimum Gasteiger partial charge on any atom is -0.356 e. The van der Waals surface area contributed by atoms with Crippen molar-refractivity contribution in [1.82, 2.24) is 15.5 Å². The van der Waals surface area contributed by atoms with Crippen LogP contribution in [-0.4, -0.2) is 72.0 Å². The van der Waals surface area contributed by atoms with Crippen molar-refractivity contribution in [1.29, 1.82) is 0 Å². The van der Waals surface area contributed by atoms with Crippen LogP contribution in [0.3, 0.4) is 0 Å². The van der Waals surface area contributed by atoms with Gasteiger partial charge in [-0.2, -0.15) is 13.2 Å². The number of aliphatic imine (C=N–C) groups is 1. The highest BCUT2D eigenvalue weighted by molar-refractivity contribution is 14.0. The van der Waals surface area contributed by atoms with Crippen LogP contribution in [0, 0.1) is 0 Å². The number of sulfone groups is 1. The Kier molecular flexibility index (Phi) is 12.0. The van der Waals surface area contributed by atoms with E-state index in [-0.39, 0.29) is 28.9 Å². The van der Waals surface area contributed by atoms with Crippen molar-refractivity contribution in [2.45, 2.75) is 23.9 Å². The molecular weight excluding hydrogens is 508 g/mol. The lowest BCUT2D eigenvalue weighted by Gasteiger charge is -2.19. The van der Waals surface area contributed by atoms with E-state index in [0.29, 0.717) is 38.4 Å². The van der Waals surface area contributed by atoms with Crippen molar-refractivity contribution in [3.8, 4) is 0 Å². The van der Waals surface area contributed by atoms with Crippen molar-refractivity contribution in [2.24, 2.45) is 4.99 Å². The Labute approximate surface area is 181 Å². The van der Waals surface area contributed by atoms with Crippen LogP contribution in [-0.2, 0) is 16.3 Å². The van der Waals surface area contributed by atoms with Gasteiger partial charge < -0.3 is 10.6 Å². The maximum absolute atomic E-state index is 12.2. The summed E-state index contributed by atoms with van der Waals surface area (Å²) in [7, 11) is -0.140. The van der Waals surface area contributed by atoms with Gasteiger partial charge in [0.05, 0.1) is 11.4 Å². The highest BCUT2D eigenvalue weighted by Crippen LogP contribution is 2.15. The molecule has 2 N–H and O–H groups in total. The Morgan fingerprint density at radius 1 is 1.14 bits per heavy atom. The largest absolute Gasteiger partial charge is 0.401 e. The second-order valence-electron chi connectivity index (χ2n) is 6.30. The van der Waals surface area contributed by atoms with Crippen molar-refractivity contribution in [3.05, 3.63) is 29.8 Å². The minimum atomic E-state index is -4.18. The van der Waals surface area contributed by atoms with Crippen molar-refractivity contribution >= 4 is 39.8 Å². The molecule has 28 heavy (non-hydrogen) atoms. The van der Waals surface area contributed by atoms with Crippen molar-refractivity contribution in [3.63, 3.8) is 0 Å². The summed E-state index contributed by atoms with van der Waals surface area (Å²) in [6.45, 7) is 0.505. The van der Waals surface area contributed by atoms with Gasteiger partial charge in [0.2, 0.25) is 0 Å². The molecule has 0 bridgehead atoms. The topological polar surface area (TPSA) is 73.8 Å². The van der Waals surface area contributed by atoms with Crippen LogP contribution in [0.4, 0.5) is 13.2 Å². The number of hydrogen-bond donors (Lipinski definition) is 2. The number of hydrogen-bond acceptors (Lipinski definition) is 4. The van der Waals surface area contributed by atoms with E-state index < -0.39 is 22.6 Å². The summed E-state index contributed by atoms with van der Waals surface area (Å²) in [5, 5.41) is 6.17. The number of rotatable bonds is 9. The summed E-state index contributed by atoms with van der Waals surface area (Å²) in [6.07, 6.45) is -1.78. The van der Waals surface area contributed by atoms with E-state index in [0.717, 1.165) is 5.56 Å². The lowest BCUT2D eigenvalue weighted by atomic mass is 10.1. The zero-order chi connectivity index (χ0) is 20.5. The van der Waals surface area contributed by atoms with E-state index in [1.807, 2.05) is 0 Å². The standard InChI is InChI=1S/C17H27F3N4O2S.HI/c1-21-16(22-10-4-12-24(2)13-17(18,19)20)23-11-9-14-5-7-15(8-6-14)27(3,25)26;/h5-8H,4,9-13H2,1-3H3,(H2,21,22,23);1H. The molecule has 0 atom stereocenters. The van der Waals surface area contributed by atoms with Gasteiger partial charge in [-0.15, -0.1) is 24.0 Å². The lowest BCUT2D eigenvalue weighted by molar-refractivity contribution is -0.143. The molecule has 0 amide bonds. The number of nitrogens with one attached hydrogen (secondary N) is 2. The fraction of sp³-hybridized carbons (Fsp3) is 0.588. The second-order valence-corrected chi connectivity index (χ2v) is 8.31. The molecule has 162 valence electrons. The highest BCUT2D eigenvalue weighted by Gasteiger charge is 2.28. The third-order valence-corrected chi connectivity index (χ3v) is 4.87. The molecule has 0 aromatic heterocycles. The van der Waals surface area contributed by atoms with Gasteiger partial charge in [-0.3, -0.25) is 9.89 Å². The first-order chi connectivity index (χ1) is 12.5. The van der Waals surface area contributed by atoms with Crippen LogP contribution in [0.5, 0.6) is 0 Å². The van der Waals surface area contributed by atoms with Crippen LogP contribution in [0.2, 0.25) is 0 Å². The van der Waals surface area contributed by atoms with E-state index in [1.54, 1.807) is 31.3 Å². The fourth-order valence-corrected chi connectivity index (χ4v) is 3.02. The number of halogens is 4. The lowest BCUT2D eigenvalue weighted by Crippen LogP contribution is -2.40. The Morgan fingerprint density at radius 2 is 1.71 bits per heavy atom. The third kappa shape index (κ3) is 11.7. The Hall–Kier alpha value is -1.08. The molecular formula is C17H28F3IN4O2S. The molecule has 0 aliphatic carbocycles. The molecule has 6 nitrogen and oxygen atoms in total. The molecule has 0 spiro atoms. The van der Waals surface area contributed by atoms with Crippen LogP contribution in [0.25, 0.3) is 0 Å². The number of alkyl halides is 3. The average Bonchev–Trinajstić information content (AvgIpc) is 2.55. The van der Waals surface area contributed by atoms with Crippen LogP contribution in [0.15, 0.2) is 34.2 Å². The number of benzene rings is 1. The Morgan fingerprint density at radius 3 is 2.21 bits per heavy atom. The maximum Gasteiger partial charge on any atom is 0.401 e. The molecule has 0 fully saturated rings. The molecule has 11 heteroatoms. The highest BCUT2D eigenvalue weighted by atomic mass is 127. The van der Waals surface area contributed by atoms with Crippen LogP contribution < -0.4 is 10.6 Å². The Balaban J connectivity index is 0.00000729. The number of guanidine groups is 1. The summed E-state index contributed by atoms with van der Waals surface area (Å²) >= 11 is 0. The molecule has 0 heterocycles. The monoisotopic (exact) mass is 536 g/mol. The molecule has 1 aromatic rings. The first-order valence-corrected chi connectivity index (χ1v) is 10.4. The first-order valence-electron chi connectivity index (χ1n) is 8.50. The summed E-state index contributed by atoms with van der Waals surface area (Å²) in [5.74, 6) is 0.571. The van der Waals surface area contributed by atoms with Gasteiger partial charge in [0, 0.05) is 26.4 Å². The van der Waals surface area contributed by atoms with Gasteiger partial charge in [0.25, 0.3) is 0 Å². The quantitative estimate of drug-likeness (QED) is 0.220. The molecule has 1 aromatic carbocycles. The zero-order valence-corrected chi connectivity index (χ0v) is 19.4. The van der Waals surface area contributed by atoms with Crippen LogP contribution >= 0.6 is 24.0 Å². The first kappa shape index (κ1) is 26.9. The smallest absolute Gasteiger partial charge is 0.356 e. The SMILES string of the molecule is CN=C(NCCCN(C)CC(F)(F)F)NCCc1ccc(S(C)(=O)=O)cc1.I. The van der Waals surface area contributed by atoms with E-state index in [9.17, 15) is 21.6 Å². The predicted octanol–water partition coefficient (Wildman–Crippen LogP) is 2.30. The molecule has 0 aliphatic heterocycles.